The fraction of sp³-hybridized carbons (Fsp3) is 0.200. The standard InChI is InChI=1S/C20H21N4O2/c25-20(17-6-8-18(9-7-17)21-10-3-4-11-21)23-15-13-22(14-16-23)19-5-1-2-12-24(19)26/h1-12,26H,13-16H2/q+1. The Morgan fingerprint density at radius 2 is 1.58 bits per heavy atom. The van der Waals surface area contributed by atoms with E-state index < -0.39 is 0 Å². The number of hydrogen-bond acceptors (Lipinski definition) is 3. The molecule has 1 fully saturated rings. The molecule has 0 bridgehead atoms. The molecule has 132 valence electrons. The first-order valence-electron chi connectivity index (χ1n) is 8.70. The number of benzene rings is 1. The molecule has 0 saturated carbocycles. The van der Waals surface area contributed by atoms with Gasteiger partial charge in [0.15, 0.2) is 0 Å². The van der Waals surface area contributed by atoms with E-state index in [2.05, 4.69) is 4.90 Å². The summed E-state index contributed by atoms with van der Waals surface area (Å²) in [5.74, 6) is 0.796. The average molecular weight is 349 g/mol. The van der Waals surface area contributed by atoms with Crippen LogP contribution in [0.2, 0.25) is 0 Å². The van der Waals surface area contributed by atoms with E-state index in [1.165, 1.54) is 0 Å². The number of carbonyl (C=O) groups excluding carboxylic acids is 1. The van der Waals surface area contributed by atoms with Crippen molar-refractivity contribution in [3.63, 3.8) is 0 Å². The molecule has 0 aliphatic carbocycles. The van der Waals surface area contributed by atoms with Crippen LogP contribution in [0.3, 0.4) is 0 Å². The Morgan fingerprint density at radius 1 is 0.885 bits per heavy atom. The summed E-state index contributed by atoms with van der Waals surface area (Å²) < 4.78 is 3.13. The van der Waals surface area contributed by atoms with Crippen molar-refractivity contribution in [1.82, 2.24) is 9.47 Å². The van der Waals surface area contributed by atoms with Gasteiger partial charge in [-0.25, -0.2) is 0 Å². The average Bonchev–Trinajstić information content (AvgIpc) is 3.23. The Morgan fingerprint density at radius 3 is 2.23 bits per heavy atom. The van der Waals surface area contributed by atoms with Gasteiger partial charge in [0.25, 0.3) is 5.91 Å². The summed E-state index contributed by atoms with van der Waals surface area (Å²) in [5, 5.41) is 9.91. The van der Waals surface area contributed by atoms with Gasteiger partial charge in [-0.05, 0) is 42.5 Å². The maximum atomic E-state index is 12.8. The molecule has 6 nitrogen and oxygen atoms in total. The van der Waals surface area contributed by atoms with Crippen LogP contribution in [0.1, 0.15) is 10.4 Å². The van der Waals surface area contributed by atoms with Crippen molar-refractivity contribution >= 4 is 11.7 Å². The molecule has 1 aromatic carbocycles. The molecule has 3 heterocycles. The zero-order valence-electron chi connectivity index (χ0n) is 14.4. The summed E-state index contributed by atoms with van der Waals surface area (Å²) in [7, 11) is 0. The number of rotatable bonds is 3. The topological polar surface area (TPSA) is 52.6 Å². The second-order valence-corrected chi connectivity index (χ2v) is 6.32. The second kappa shape index (κ2) is 6.92. The van der Waals surface area contributed by atoms with Gasteiger partial charge in [0, 0.05) is 29.7 Å². The Hall–Kier alpha value is -3.28. The quantitative estimate of drug-likeness (QED) is 0.581. The van der Waals surface area contributed by atoms with Gasteiger partial charge in [0.05, 0.1) is 13.1 Å². The summed E-state index contributed by atoms with van der Waals surface area (Å²) in [6.45, 7) is 2.65. The van der Waals surface area contributed by atoms with Crippen molar-refractivity contribution in [2.75, 3.05) is 31.1 Å². The molecular formula is C20H21N4O2+. The number of piperazine rings is 1. The molecule has 3 aromatic rings. The van der Waals surface area contributed by atoms with Crippen molar-refractivity contribution in [2.24, 2.45) is 0 Å². The minimum atomic E-state index is 0.0497. The lowest BCUT2D eigenvalue weighted by atomic mass is 10.1. The van der Waals surface area contributed by atoms with Crippen LogP contribution < -0.4 is 9.63 Å². The minimum Gasteiger partial charge on any atom is -0.350 e. The van der Waals surface area contributed by atoms with Crippen LogP contribution in [0.15, 0.2) is 73.2 Å². The number of hydrogen-bond donors (Lipinski definition) is 1. The first-order chi connectivity index (χ1) is 12.7. The lowest BCUT2D eigenvalue weighted by Crippen LogP contribution is -2.52. The van der Waals surface area contributed by atoms with E-state index >= 15 is 0 Å². The molecule has 26 heavy (non-hydrogen) atoms. The van der Waals surface area contributed by atoms with Gasteiger partial charge in [-0.2, -0.15) is 0 Å². The molecule has 6 heteroatoms. The van der Waals surface area contributed by atoms with Crippen LogP contribution in [0.5, 0.6) is 0 Å². The molecule has 1 N–H and O–H groups in total. The lowest BCUT2D eigenvalue weighted by Gasteiger charge is -2.31. The third-order valence-electron chi connectivity index (χ3n) is 4.73. The van der Waals surface area contributed by atoms with E-state index in [4.69, 9.17) is 0 Å². The highest BCUT2D eigenvalue weighted by atomic mass is 16.5. The third kappa shape index (κ3) is 3.13. The Labute approximate surface area is 152 Å². The van der Waals surface area contributed by atoms with Crippen LogP contribution >= 0.6 is 0 Å². The fourth-order valence-corrected chi connectivity index (χ4v) is 3.28. The van der Waals surface area contributed by atoms with Crippen molar-refractivity contribution in [1.29, 1.82) is 0 Å². The monoisotopic (exact) mass is 349 g/mol. The second-order valence-electron chi connectivity index (χ2n) is 6.32. The molecule has 2 aromatic heterocycles. The molecule has 0 spiro atoms. The molecule has 0 radical (unpaired) electrons. The molecule has 1 amide bonds. The van der Waals surface area contributed by atoms with Gasteiger partial charge in [0.1, 0.15) is 19.3 Å². The van der Waals surface area contributed by atoms with Crippen LogP contribution in [-0.4, -0.2) is 46.8 Å². The Balaban J connectivity index is 1.41. The van der Waals surface area contributed by atoms with Gasteiger partial charge in [-0.1, -0.05) is 10.8 Å². The minimum absolute atomic E-state index is 0.0497. The largest absolute Gasteiger partial charge is 0.350 e. The van der Waals surface area contributed by atoms with Crippen molar-refractivity contribution < 1.29 is 14.7 Å². The number of aromatic nitrogens is 2. The van der Waals surface area contributed by atoms with E-state index in [1.807, 2.05) is 70.4 Å². The molecule has 1 aliphatic heterocycles. The fourth-order valence-electron chi connectivity index (χ4n) is 3.28. The number of pyridine rings is 1. The number of amides is 1. The van der Waals surface area contributed by atoms with Gasteiger partial charge in [0.2, 0.25) is 0 Å². The van der Waals surface area contributed by atoms with Gasteiger partial charge < -0.3 is 14.7 Å². The highest BCUT2D eigenvalue weighted by Gasteiger charge is 2.28. The number of anilines is 1. The van der Waals surface area contributed by atoms with Crippen molar-refractivity contribution in [3.8, 4) is 5.69 Å². The predicted molar refractivity (Wildman–Crippen MR) is 97.7 cm³/mol. The van der Waals surface area contributed by atoms with E-state index in [1.54, 1.807) is 12.3 Å². The van der Waals surface area contributed by atoms with E-state index in [0.717, 1.165) is 16.2 Å². The van der Waals surface area contributed by atoms with Gasteiger partial charge >= 0.3 is 5.82 Å². The zero-order chi connectivity index (χ0) is 17.9. The smallest absolute Gasteiger partial charge is 0.316 e. The number of nitrogens with zero attached hydrogens (tertiary/aromatic N) is 4. The summed E-state index contributed by atoms with van der Waals surface area (Å²) in [6.07, 6.45) is 5.57. The molecular weight excluding hydrogens is 328 g/mol. The molecule has 0 atom stereocenters. The first-order valence-corrected chi connectivity index (χ1v) is 8.70. The normalized spacial score (nSPS) is 14.5. The maximum Gasteiger partial charge on any atom is 0.316 e. The molecule has 0 unspecified atom stereocenters. The van der Waals surface area contributed by atoms with Crippen LogP contribution in [0, 0.1) is 0 Å². The first kappa shape index (κ1) is 16.2. The zero-order valence-corrected chi connectivity index (χ0v) is 14.4. The summed E-state index contributed by atoms with van der Waals surface area (Å²) in [5.41, 5.74) is 1.74. The van der Waals surface area contributed by atoms with Gasteiger partial charge in [-0.15, -0.1) is 0 Å². The van der Waals surface area contributed by atoms with E-state index in [-0.39, 0.29) is 5.91 Å². The number of carbonyl (C=O) groups is 1. The molecule has 1 saturated heterocycles. The van der Waals surface area contributed by atoms with Crippen molar-refractivity contribution in [2.45, 2.75) is 0 Å². The highest BCUT2D eigenvalue weighted by molar-refractivity contribution is 5.94. The van der Waals surface area contributed by atoms with Crippen molar-refractivity contribution in [3.05, 3.63) is 78.8 Å². The Kier molecular flexibility index (Phi) is 4.31. The summed E-state index contributed by atoms with van der Waals surface area (Å²) in [6, 6.07) is 17.2. The summed E-state index contributed by atoms with van der Waals surface area (Å²) in [4.78, 5) is 16.7. The molecule has 4 rings (SSSR count). The maximum absolute atomic E-state index is 12.8. The van der Waals surface area contributed by atoms with E-state index in [9.17, 15) is 10.0 Å². The van der Waals surface area contributed by atoms with E-state index in [0.29, 0.717) is 31.7 Å². The van der Waals surface area contributed by atoms with Gasteiger partial charge in [-0.3, -0.25) is 9.69 Å². The van der Waals surface area contributed by atoms with Crippen LogP contribution in [0.4, 0.5) is 5.82 Å². The lowest BCUT2D eigenvalue weighted by molar-refractivity contribution is -0.894. The SMILES string of the molecule is O=C(c1ccc(-n2cccc2)cc1)N1CCN(c2cccc[n+]2O)CC1. The van der Waals surface area contributed by atoms with Crippen LogP contribution in [-0.2, 0) is 0 Å². The van der Waals surface area contributed by atoms with Crippen LogP contribution in [0.25, 0.3) is 5.69 Å². The third-order valence-corrected chi connectivity index (χ3v) is 4.73. The molecule has 1 aliphatic rings. The highest BCUT2D eigenvalue weighted by Crippen LogP contribution is 2.15. The summed E-state index contributed by atoms with van der Waals surface area (Å²) >= 11 is 0. The Bertz CT molecular complexity index is 882. The predicted octanol–water partition coefficient (Wildman–Crippen LogP) is 1.96.